The molecule has 0 aliphatic rings. The minimum absolute atomic E-state index is 0.463. The summed E-state index contributed by atoms with van der Waals surface area (Å²) in [5.74, 6) is 2.21. The number of aryl methyl sites for hydroxylation is 1. The number of rotatable bonds is 4. The molecular weight excluding hydrogens is 232 g/mol. The summed E-state index contributed by atoms with van der Waals surface area (Å²) < 4.78 is 5.94. The third-order valence-corrected chi connectivity index (χ3v) is 2.98. The fourth-order valence-corrected chi connectivity index (χ4v) is 1.95. The molecule has 2 aromatic carbocycles. The van der Waals surface area contributed by atoms with Gasteiger partial charge in [-0.05, 0) is 24.1 Å². The van der Waals surface area contributed by atoms with E-state index in [1.54, 1.807) is 0 Å². The zero-order valence-electron chi connectivity index (χ0n) is 9.82. The van der Waals surface area contributed by atoms with E-state index in [-0.39, 0.29) is 0 Å². The number of alkyl halides is 1. The first kappa shape index (κ1) is 12.0. The van der Waals surface area contributed by atoms with E-state index in [0.717, 1.165) is 23.5 Å². The van der Waals surface area contributed by atoms with E-state index in [9.17, 15) is 0 Å². The molecule has 1 nitrogen and oxygen atoms in total. The average Bonchev–Trinajstić information content (AvgIpc) is 2.40. The molecule has 0 saturated heterocycles. The molecule has 0 N–H and O–H groups in total. The van der Waals surface area contributed by atoms with Crippen LogP contribution in [0.3, 0.4) is 0 Å². The van der Waals surface area contributed by atoms with Gasteiger partial charge in [0, 0.05) is 5.56 Å². The second-order valence-electron chi connectivity index (χ2n) is 3.80. The number of hydrogen-bond acceptors (Lipinski definition) is 1. The van der Waals surface area contributed by atoms with Gasteiger partial charge in [-0.2, -0.15) is 0 Å². The van der Waals surface area contributed by atoms with Crippen LogP contribution in [0.2, 0.25) is 0 Å². The lowest BCUT2D eigenvalue weighted by molar-refractivity contribution is 0.472. The molecule has 2 aromatic rings. The van der Waals surface area contributed by atoms with Gasteiger partial charge in [0.2, 0.25) is 0 Å². The molecule has 17 heavy (non-hydrogen) atoms. The Morgan fingerprint density at radius 1 is 0.882 bits per heavy atom. The van der Waals surface area contributed by atoms with Gasteiger partial charge in [-0.3, -0.25) is 0 Å². The van der Waals surface area contributed by atoms with Gasteiger partial charge in [0.1, 0.15) is 11.5 Å². The molecule has 88 valence electrons. The second kappa shape index (κ2) is 5.74. The molecule has 2 heteroatoms. The van der Waals surface area contributed by atoms with Gasteiger partial charge in [0.25, 0.3) is 0 Å². The third-order valence-electron chi connectivity index (χ3n) is 2.69. The summed E-state index contributed by atoms with van der Waals surface area (Å²) >= 11 is 5.89. The molecule has 0 aliphatic heterocycles. The highest BCUT2D eigenvalue weighted by Crippen LogP contribution is 2.28. The smallest absolute Gasteiger partial charge is 0.131 e. The number of para-hydroxylation sites is 2. The largest absolute Gasteiger partial charge is 0.457 e. The van der Waals surface area contributed by atoms with Crippen molar-refractivity contribution in [1.82, 2.24) is 0 Å². The molecule has 0 atom stereocenters. The van der Waals surface area contributed by atoms with Gasteiger partial charge in [-0.1, -0.05) is 43.3 Å². The number of hydrogen-bond donors (Lipinski definition) is 0. The topological polar surface area (TPSA) is 9.23 Å². The maximum absolute atomic E-state index is 5.94. The van der Waals surface area contributed by atoms with E-state index in [0.29, 0.717) is 5.88 Å². The van der Waals surface area contributed by atoms with Gasteiger partial charge >= 0.3 is 0 Å². The van der Waals surface area contributed by atoms with E-state index in [1.165, 1.54) is 5.56 Å². The van der Waals surface area contributed by atoms with Gasteiger partial charge in [0.05, 0.1) is 5.88 Å². The predicted octanol–water partition coefficient (Wildman–Crippen LogP) is 4.78. The molecule has 0 radical (unpaired) electrons. The molecule has 0 spiro atoms. The van der Waals surface area contributed by atoms with E-state index in [1.807, 2.05) is 42.5 Å². The van der Waals surface area contributed by atoms with Crippen molar-refractivity contribution in [2.45, 2.75) is 19.2 Å². The van der Waals surface area contributed by atoms with Crippen LogP contribution in [-0.4, -0.2) is 0 Å². The Morgan fingerprint density at radius 2 is 1.41 bits per heavy atom. The summed E-state index contributed by atoms with van der Waals surface area (Å²) in [6, 6.07) is 15.9. The lowest BCUT2D eigenvalue weighted by Gasteiger charge is -2.12. The van der Waals surface area contributed by atoms with Crippen LogP contribution in [0.15, 0.2) is 48.5 Å². The predicted molar refractivity (Wildman–Crippen MR) is 71.9 cm³/mol. The van der Waals surface area contributed by atoms with Crippen LogP contribution >= 0.6 is 11.6 Å². The first-order valence-corrected chi connectivity index (χ1v) is 6.28. The van der Waals surface area contributed by atoms with Crippen molar-refractivity contribution in [3.63, 3.8) is 0 Å². The monoisotopic (exact) mass is 246 g/mol. The summed E-state index contributed by atoms with van der Waals surface area (Å²) in [6.45, 7) is 2.12. The normalized spacial score (nSPS) is 10.2. The van der Waals surface area contributed by atoms with Crippen LogP contribution in [0.4, 0.5) is 0 Å². The highest BCUT2D eigenvalue weighted by Gasteiger charge is 2.05. The lowest BCUT2D eigenvalue weighted by atomic mass is 10.1. The molecular formula is C15H15ClO. The van der Waals surface area contributed by atoms with Crippen LogP contribution < -0.4 is 4.74 Å². The minimum Gasteiger partial charge on any atom is -0.457 e. The zero-order valence-corrected chi connectivity index (χ0v) is 10.6. The Hall–Kier alpha value is -1.47. The molecule has 2 rings (SSSR count). The maximum Gasteiger partial charge on any atom is 0.131 e. The van der Waals surface area contributed by atoms with Crippen LogP contribution in [-0.2, 0) is 12.3 Å². The van der Waals surface area contributed by atoms with E-state index in [4.69, 9.17) is 16.3 Å². The summed E-state index contributed by atoms with van der Waals surface area (Å²) in [5, 5.41) is 0. The molecule has 0 amide bonds. The molecule has 0 heterocycles. The van der Waals surface area contributed by atoms with Crippen molar-refractivity contribution >= 4 is 11.6 Å². The minimum atomic E-state index is 0.463. The Labute approximate surface area is 107 Å². The van der Waals surface area contributed by atoms with Gasteiger partial charge in [-0.25, -0.2) is 0 Å². The van der Waals surface area contributed by atoms with Crippen LogP contribution in [0.5, 0.6) is 11.5 Å². The molecule has 0 bridgehead atoms. The molecule has 0 aliphatic carbocycles. The number of ether oxygens (including phenoxy) is 1. The van der Waals surface area contributed by atoms with Gasteiger partial charge < -0.3 is 4.74 Å². The molecule has 0 aromatic heterocycles. The Balaban J connectivity index is 2.31. The first-order chi connectivity index (χ1) is 8.35. The van der Waals surface area contributed by atoms with Crippen molar-refractivity contribution in [1.29, 1.82) is 0 Å². The Bertz CT molecular complexity index is 448. The van der Waals surface area contributed by atoms with Crippen LogP contribution in [0.1, 0.15) is 18.1 Å². The second-order valence-corrected chi connectivity index (χ2v) is 4.07. The highest BCUT2D eigenvalue weighted by atomic mass is 35.5. The zero-order chi connectivity index (χ0) is 12.1. The van der Waals surface area contributed by atoms with Crippen molar-refractivity contribution < 1.29 is 4.74 Å². The third kappa shape index (κ3) is 2.80. The van der Waals surface area contributed by atoms with Crippen LogP contribution in [0, 0.1) is 0 Å². The fraction of sp³-hybridized carbons (Fsp3) is 0.200. The Morgan fingerprint density at radius 3 is 2.00 bits per heavy atom. The summed E-state index contributed by atoms with van der Waals surface area (Å²) in [7, 11) is 0. The van der Waals surface area contributed by atoms with Crippen molar-refractivity contribution in [2.75, 3.05) is 0 Å². The summed E-state index contributed by atoms with van der Waals surface area (Å²) in [4.78, 5) is 0. The summed E-state index contributed by atoms with van der Waals surface area (Å²) in [6.07, 6.45) is 0.958. The standard InChI is InChI=1S/C15H15ClO/c1-2-12-7-3-5-9-14(12)17-15-10-6-4-8-13(15)11-16/h3-10H,2,11H2,1H3. The quantitative estimate of drug-likeness (QED) is 0.706. The van der Waals surface area contributed by atoms with Gasteiger partial charge in [-0.15, -0.1) is 11.6 Å². The number of benzene rings is 2. The van der Waals surface area contributed by atoms with Crippen LogP contribution in [0.25, 0.3) is 0 Å². The highest BCUT2D eigenvalue weighted by molar-refractivity contribution is 6.17. The van der Waals surface area contributed by atoms with Crippen molar-refractivity contribution in [3.8, 4) is 11.5 Å². The lowest BCUT2D eigenvalue weighted by Crippen LogP contribution is -1.92. The Kier molecular flexibility index (Phi) is 4.05. The van der Waals surface area contributed by atoms with Gasteiger partial charge in [0.15, 0.2) is 0 Å². The SMILES string of the molecule is CCc1ccccc1Oc1ccccc1CCl. The maximum atomic E-state index is 5.94. The van der Waals surface area contributed by atoms with E-state index >= 15 is 0 Å². The molecule has 0 fully saturated rings. The number of halogens is 1. The van der Waals surface area contributed by atoms with E-state index < -0.39 is 0 Å². The van der Waals surface area contributed by atoms with E-state index in [2.05, 4.69) is 13.0 Å². The van der Waals surface area contributed by atoms with Crippen molar-refractivity contribution in [3.05, 3.63) is 59.7 Å². The molecule has 0 unspecified atom stereocenters. The van der Waals surface area contributed by atoms with Crippen molar-refractivity contribution in [2.24, 2.45) is 0 Å². The molecule has 0 saturated carbocycles. The first-order valence-electron chi connectivity index (χ1n) is 5.74. The average molecular weight is 247 g/mol. The fourth-order valence-electron chi connectivity index (χ4n) is 1.73. The summed E-state index contributed by atoms with van der Waals surface area (Å²) in [5.41, 5.74) is 2.22.